The summed E-state index contributed by atoms with van der Waals surface area (Å²) >= 11 is 0. The molecule has 0 bridgehead atoms. The number of fused-ring (bicyclic) bond motifs is 2. The number of halogens is 6. The molecule has 13 heteroatoms. The Morgan fingerprint density at radius 3 is 2.19 bits per heavy atom. The van der Waals surface area contributed by atoms with E-state index >= 15 is 0 Å². The summed E-state index contributed by atoms with van der Waals surface area (Å²) in [5, 5.41) is 11.1. The Morgan fingerprint density at radius 2 is 1.54 bits per heavy atom. The molecule has 1 aliphatic carbocycles. The van der Waals surface area contributed by atoms with Crippen LogP contribution in [0.3, 0.4) is 0 Å². The lowest BCUT2D eigenvalue weighted by Crippen LogP contribution is -2.29. The molecule has 1 heterocycles. The van der Waals surface area contributed by atoms with E-state index in [1.54, 1.807) is 5.32 Å². The fourth-order valence-corrected chi connectivity index (χ4v) is 3.59. The molecule has 0 aromatic heterocycles. The van der Waals surface area contributed by atoms with Gasteiger partial charge in [-0.05, 0) is 35.9 Å². The Hall–Kier alpha value is -4.68. The van der Waals surface area contributed by atoms with E-state index in [4.69, 9.17) is 4.42 Å². The molecule has 2 aliphatic rings. The summed E-state index contributed by atoms with van der Waals surface area (Å²) in [5.74, 6) is -6.08. The van der Waals surface area contributed by atoms with Gasteiger partial charge in [-0.25, -0.2) is 9.79 Å². The number of nitrogens with one attached hydrogen (secondary N) is 1. The van der Waals surface area contributed by atoms with Gasteiger partial charge in [-0.15, -0.1) is 0 Å². The van der Waals surface area contributed by atoms with E-state index in [-0.39, 0.29) is 44.7 Å². The fraction of sp³-hybridized carbons (Fsp3) is 0.0833. The van der Waals surface area contributed by atoms with Crippen LogP contribution in [0.5, 0.6) is 0 Å². The number of aromatic carboxylic acids is 1. The first-order valence-corrected chi connectivity index (χ1v) is 10.1. The third kappa shape index (κ3) is 5.15. The van der Waals surface area contributed by atoms with Crippen LogP contribution >= 0.6 is 0 Å². The first-order chi connectivity index (χ1) is 17.3. The number of alkyl halides is 6. The number of nitrogens with zero attached hydrogens (tertiary/aromatic N) is 1. The van der Waals surface area contributed by atoms with Gasteiger partial charge < -0.3 is 14.8 Å². The Morgan fingerprint density at radius 1 is 0.838 bits per heavy atom. The van der Waals surface area contributed by atoms with E-state index in [1.165, 1.54) is 36.4 Å². The minimum atomic E-state index is -5.23. The van der Waals surface area contributed by atoms with Crippen LogP contribution in [0.4, 0.5) is 32.0 Å². The number of hydrogen-bond acceptors (Lipinski definition) is 4. The Kier molecular flexibility index (Phi) is 6.23. The lowest BCUT2D eigenvalue weighted by molar-refractivity contribution is -0.169. The van der Waals surface area contributed by atoms with Crippen molar-refractivity contribution in [3.63, 3.8) is 0 Å². The van der Waals surface area contributed by atoms with Crippen LogP contribution in [0.15, 0.2) is 70.1 Å². The van der Waals surface area contributed by atoms with E-state index in [0.717, 1.165) is 24.3 Å². The van der Waals surface area contributed by atoms with Gasteiger partial charge in [0.25, 0.3) is 0 Å². The Balaban J connectivity index is 2.02. The fourth-order valence-electron chi connectivity index (χ4n) is 3.59. The van der Waals surface area contributed by atoms with Gasteiger partial charge in [-0.1, -0.05) is 18.2 Å². The zero-order valence-corrected chi connectivity index (χ0v) is 18.1. The van der Waals surface area contributed by atoms with Crippen LogP contribution in [0.1, 0.15) is 10.4 Å². The maximum absolute atomic E-state index is 12.7. The largest absolute Gasteiger partial charge is 0.478 e. The van der Waals surface area contributed by atoms with Crippen molar-refractivity contribution in [1.82, 2.24) is 0 Å². The Bertz CT molecular complexity index is 1600. The quantitative estimate of drug-likeness (QED) is 0.277. The van der Waals surface area contributed by atoms with Crippen molar-refractivity contribution >= 4 is 34.4 Å². The second-order valence-electron chi connectivity index (χ2n) is 7.59. The minimum absolute atomic E-state index is 0.137. The second kappa shape index (κ2) is 9.08. The third-order valence-electron chi connectivity index (χ3n) is 5.12. The maximum atomic E-state index is 12.7. The highest BCUT2D eigenvalue weighted by molar-refractivity contribution is 6.08. The van der Waals surface area contributed by atoms with Crippen LogP contribution in [0, 0.1) is 0 Å². The van der Waals surface area contributed by atoms with Crippen LogP contribution in [0.2, 0.25) is 0 Å². The first kappa shape index (κ1) is 25.4. The average molecular weight is 522 g/mol. The Labute approximate surface area is 202 Å². The van der Waals surface area contributed by atoms with Crippen molar-refractivity contribution in [3.05, 3.63) is 71.6 Å². The number of anilines is 1. The summed E-state index contributed by atoms with van der Waals surface area (Å²) in [6.45, 7) is 0. The number of carbonyl (C=O) groups excluding carboxylic acids is 2. The molecule has 0 saturated carbocycles. The number of rotatable bonds is 3. The molecular formula is C24H12F6N2O5. The van der Waals surface area contributed by atoms with Gasteiger partial charge in [-0.3, -0.25) is 9.59 Å². The topological polar surface area (TPSA) is 109 Å². The number of carboxylic acids is 1. The van der Waals surface area contributed by atoms with Gasteiger partial charge in [0.2, 0.25) is 0 Å². The second-order valence-corrected chi connectivity index (χ2v) is 7.59. The highest BCUT2D eigenvalue weighted by atomic mass is 19.4. The molecule has 7 nitrogen and oxygen atoms in total. The van der Waals surface area contributed by atoms with Crippen LogP contribution < -0.4 is 10.7 Å². The van der Waals surface area contributed by atoms with Crippen LogP contribution in [-0.2, 0) is 9.59 Å². The molecule has 0 atom stereocenters. The summed E-state index contributed by atoms with van der Waals surface area (Å²) in [6, 6.07) is 12.6. The summed E-state index contributed by atoms with van der Waals surface area (Å²) < 4.78 is 81.7. The van der Waals surface area contributed by atoms with Crippen LogP contribution in [0.25, 0.3) is 33.4 Å². The normalized spacial score (nSPS) is 12.6. The summed E-state index contributed by atoms with van der Waals surface area (Å²) in [5.41, 5.74) is 0.0180. The monoisotopic (exact) mass is 522 g/mol. The van der Waals surface area contributed by atoms with Crippen LogP contribution in [-0.4, -0.2) is 35.2 Å². The van der Waals surface area contributed by atoms with Crippen molar-refractivity contribution in [2.45, 2.75) is 12.4 Å². The van der Waals surface area contributed by atoms with E-state index in [2.05, 4.69) is 4.99 Å². The summed E-state index contributed by atoms with van der Waals surface area (Å²) in [4.78, 5) is 37.5. The lowest BCUT2D eigenvalue weighted by atomic mass is 9.90. The predicted octanol–water partition coefficient (Wildman–Crippen LogP) is 5.39. The van der Waals surface area contributed by atoms with Crippen molar-refractivity contribution < 1.29 is 50.2 Å². The zero-order valence-electron chi connectivity index (χ0n) is 18.1. The molecule has 0 radical (unpaired) electrons. The number of amides is 2. The highest BCUT2D eigenvalue weighted by Gasteiger charge is 2.39. The molecule has 190 valence electrons. The van der Waals surface area contributed by atoms with E-state index in [1.807, 2.05) is 0 Å². The maximum Gasteiger partial charge on any atom is 0.473 e. The van der Waals surface area contributed by atoms with E-state index in [0.29, 0.717) is 0 Å². The van der Waals surface area contributed by atoms with Gasteiger partial charge in [-0.2, -0.15) is 26.3 Å². The molecule has 2 aromatic rings. The smallest absolute Gasteiger partial charge is 0.473 e. The standard InChI is InChI=1S/C24H12F6N2O5/c25-23(26,27)21(35)31-11-5-7-15-17(9-11)37-18-10-12(32-22(36)24(28,29)30)6-8-16(18)19(15)13-3-1-2-4-14(13)20(33)34/h1-10H,(H,31,35)(H,33,34). The third-order valence-corrected chi connectivity index (χ3v) is 5.12. The van der Waals surface area contributed by atoms with E-state index < -0.39 is 35.5 Å². The summed E-state index contributed by atoms with van der Waals surface area (Å²) in [7, 11) is 0. The van der Waals surface area contributed by atoms with Crippen molar-refractivity contribution in [2.24, 2.45) is 4.99 Å². The van der Waals surface area contributed by atoms with Gasteiger partial charge in [0.1, 0.15) is 11.3 Å². The summed E-state index contributed by atoms with van der Waals surface area (Å²) in [6.07, 6.45) is -10.4. The molecule has 0 fully saturated rings. The lowest BCUT2D eigenvalue weighted by Gasteiger charge is -2.17. The number of carbonyl (C=O) groups is 3. The van der Waals surface area contributed by atoms with Gasteiger partial charge in [0.05, 0.1) is 10.9 Å². The molecule has 2 amide bonds. The molecule has 0 saturated heterocycles. The molecule has 0 unspecified atom stereocenters. The number of benzene rings is 3. The predicted molar refractivity (Wildman–Crippen MR) is 117 cm³/mol. The molecule has 1 aliphatic heterocycles. The average Bonchev–Trinajstić information content (AvgIpc) is 2.81. The SMILES string of the molecule is O=C(O)c1ccccc1-c1c2ccc(=NC(=O)C(F)(F)F)cc-2oc2cc(NC(=O)C(F)(F)F)ccc12. The van der Waals surface area contributed by atoms with Gasteiger partial charge in [0, 0.05) is 34.3 Å². The first-order valence-electron chi connectivity index (χ1n) is 10.1. The van der Waals surface area contributed by atoms with Gasteiger partial charge in [0.15, 0.2) is 0 Å². The zero-order chi connectivity index (χ0) is 27.1. The molecule has 2 N–H and O–H groups in total. The molecular weight excluding hydrogens is 510 g/mol. The van der Waals surface area contributed by atoms with Crippen molar-refractivity contribution in [2.75, 3.05) is 5.32 Å². The molecule has 4 rings (SSSR count). The molecule has 2 aromatic carbocycles. The van der Waals surface area contributed by atoms with Crippen molar-refractivity contribution in [1.29, 1.82) is 0 Å². The van der Waals surface area contributed by atoms with Crippen molar-refractivity contribution in [3.8, 4) is 22.5 Å². The highest BCUT2D eigenvalue weighted by Crippen LogP contribution is 2.41. The minimum Gasteiger partial charge on any atom is -0.478 e. The number of carboxylic acid groups (broad SMARTS) is 1. The van der Waals surface area contributed by atoms with E-state index in [9.17, 15) is 45.8 Å². The molecule has 0 spiro atoms. The van der Waals surface area contributed by atoms with Gasteiger partial charge >= 0.3 is 30.1 Å². The molecule has 37 heavy (non-hydrogen) atoms. The number of hydrogen-bond donors (Lipinski definition) is 2.